The van der Waals surface area contributed by atoms with Crippen molar-refractivity contribution in [2.24, 2.45) is 7.05 Å². The van der Waals surface area contributed by atoms with Crippen molar-refractivity contribution >= 4 is 45.9 Å². The van der Waals surface area contributed by atoms with Crippen LogP contribution in [0.25, 0.3) is 16.7 Å². The van der Waals surface area contributed by atoms with Crippen LogP contribution in [-0.4, -0.2) is 119 Å². The molecule has 4 aliphatic heterocycles. The molecule has 5 fully saturated rings. The lowest BCUT2D eigenvalue weighted by molar-refractivity contribution is -0.135. The van der Waals surface area contributed by atoms with E-state index >= 15 is 0 Å². The van der Waals surface area contributed by atoms with Gasteiger partial charge in [0.05, 0.1) is 59.4 Å². The monoisotopic (exact) mass is 875 g/mol. The third-order valence-corrected chi connectivity index (χ3v) is 13.2. The third kappa shape index (κ3) is 8.81. The zero-order chi connectivity index (χ0) is 44.7. The van der Waals surface area contributed by atoms with Gasteiger partial charge in [-0.25, -0.2) is 14.3 Å². The van der Waals surface area contributed by atoms with Crippen LogP contribution in [0.3, 0.4) is 0 Å². The summed E-state index contributed by atoms with van der Waals surface area (Å²) >= 11 is 0. The molecule has 3 atom stereocenters. The van der Waals surface area contributed by atoms with Crippen molar-refractivity contribution in [1.29, 1.82) is 0 Å². The van der Waals surface area contributed by atoms with Crippen LogP contribution < -0.4 is 21.2 Å². The number of likely N-dealkylation sites (tertiary alicyclic amines) is 1. The van der Waals surface area contributed by atoms with Gasteiger partial charge in [-0.3, -0.25) is 33.5 Å². The number of nitrogens with one attached hydrogen (secondary N) is 2. The number of aliphatic hydroxyl groups is 1. The number of anilines is 2. The molecule has 4 saturated heterocycles. The van der Waals surface area contributed by atoms with E-state index in [4.69, 9.17) is 14.5 Å². The number of rotatable bonds is 8. The molecule has 2 bridgehead atoms. The number of ether oxygens (including phenoxy) is 2. The first kappa shape index (κ1) is 43.4. The molecule has 5 aromatic rings. The van der Waals surface area contributed by atoms with E-state index in [9.17, 15) is 24.3 Å². The molecule has 338 valence electrons. The van der Waals surface area contributed by atoms with E-state index in [-0.39, 0.29) is 36.1 Å². The van der Waals surface area contributed by atoms with E-state index in [1.807, 2.05) is 35.3 Å². The normalized spacial score (nSPS) is 22.1. The van der Waals surface area contributed by atoms with Crippen LogP contribution in [0.15, 0.2) is 47.7 Å². The molecule has 10 rings (SSSR count). The Labute approximate surface area is 370 Å². The Balaban J connectivity index is 0.000000163. The molecule has 3 N–H and O–H groups in total. The number of imide groups is 1. The van der Waals surface area contributed by atoms with E-state index < -0.39 is 17.6 Å². The molecule has 18 nitrogen and oxygen atoms in total. The van der Waals surface area contributed by atoms with Crippen molar-refractivity contribution < 1.29 is 29.0 Å². The number of piperidine rings is 2. The molecule has 64 heavy (non-hydrogen) atoms. The number of carbonyl (C=O) groups excluding carboxylic acids is 3. The minimum absolute atomic E-state index is 0.215. The molecule has 18 heteroatoms. The Morgan fingerprint density at radius 3 is 2.56 bits per heavy atom. The molecule has 5 aliphatic rings. The van der Waals surface area contributed by atoms with Gasteiger partial charge < -0.3 is 29.7 Å². The van der Waals surface area contributed by atoms with E-state index in [0.29, 0.717) is 64.3 Å². The van der Waals surface area contributed by atoms with Gasteiger partial charge in [0.25, 0.3) is 5.91 Å². The molecule has 1 aromatic carbocycles. The summed E-state index contributed by atoms with van der Waals surface area (Å²) in [6.07, 6.45) is 15.0. The maximum absolute atomic E-state index is 13.4. The summed E-state index contributed by atoms with van der Waals surface area (Å²) in [6.45, 7) is 7.32. The lowest BCUT2D eigenvalue weighted by atomic mass is 9.96. The molecule has 0 spiro atoms. The molecular weight excluding hydrogens is 819 g/mol. The Hall–Kier alpha value is -5.87. The number of imidazole rings is 1. The number of para-hydroxylation sites is 1. The highest BCUT2D eigenvalue weighted by Crippen LogP contribution is 2.34. The predicted octanol–water partition coefficient (Wildman–Crippen LogP) is 3.67. The fourth-order valence-electron chi connectivity index (χ4n) is 9.73. The van der Waals surface area contributed by atoms with Crippen molar-refractivity contribution in [2.75, 3.05) is 50.1 Å². The molecular formula is C46H57N11O7. The van der Waals surface area contributed by atoms with Gasteiger partial charge in [0, 0.05) is 45.5 Å². The summed E-state index contributed by atoms with van der Waals surface area (Å²) < 4.78 is 18.1. The predicted molar refractivity (Wildman–Crippen MR) is 238 cm³/mol. The van der Waals surface area contributed by atoms with Gasteiger partial charge in [0.2, 0.25) is 11.8 Å². The molecule has 0 radical (unpaired) electrons. The Kier molecular flexibility index (Phi) is 12.2. The number of aryl methyl sites for hydroxylation is 1. The third-order valence-electron chi connectivity index (χ3n) is 13.2. The van der Waals surface area contributed by atoms with Crippen LogP contribution in [0.2, 0.25) is 0 Å². The second-order valence-electron chi connectivity index (χ2n) is 18.3. The van der Waals surface area contributed by atoms with Gasteiger partial charge in [-0.15, -0.1) is 0 Å². The van der Waals surface area contributed by atoms with Gasteiger partial charge >= 0.3 is 5.69 Å². The number of benzene rings is 1. The molecule has 1 saturated carbocycles. The Bertz CT molecular complexity index is 2680. The smallest absolute Gasteiger partial charge is 0.329 e. The number of hydrogen-bond donors (Lipinski definition) is 3. The molecule has 1 aliphatic carbocycles. The maximum atomic E-state index is 13.4. The summed E-state index contributed by atoms with van der Waals surface area (Å²) in [5.74, 6) is 5.96. The van der Waals surface area contributed by atoms with E-state index in [1.54, 1.807) is 31.5 Å². The molecule has 8 heterocycles. The van der Waals surface area contributed by atoms with Crippen LogP contribution >= 0.6 is 0 Å². The average molecular weight is 876 g/mol. The lowest BCUT2D eigenvalue weighted by Gasteiger charge is -2.28. The summed E-state index contributed by atoms with van der Waals surface area (Å²) in [6, 6.07) is 7.35. The minimum Gasteiger partial charge on any atom is -0.384 e. The average Bonchev–Trinajstić information content (AvgIpc) is 4.14. The van der Waals surface area contributed by atoms with Crippen LogP contribution in [0.4, 0.5) is 11.5 Å². The summed E-state index contributed by atoms with van der Waals surface area (Å²) in [7, 11) is 3.79. The number of nitrogens with zero attached hydrogens (tertiary/aromatic N) is 9. The molecule has 3 amide bonds. The number of amides is 3. The van der Waals surface area contributed by atoms with E-state index in [1.165, 1.54) is 34.6 Å². The Morgan fingerprint density at radius 1 is 1.05 bits per heavy atom. The SMILES string of the molecule is CC(C)(O)c1nn(C2CCCCC2)cc1NC(=O)c1cnn2ccc(N3CC4CC3CO4)nc12.CN1CCC(OCC#Cc2cccc3c2n(C)c(=O)n3C2CCC(=O)NC2=O)CC1. The van der Waals surface area contributed by atoms with Gasteiger partial charge in [-0.05, 0) is 77.6 Å². The van der Waals surface area contributed by atoms with Crippen LogP contribution in [0.1, 0.15) is 112 Å². The maximum Gasteiger partial charge on any atom is 0.329 e. The highest BCUT2D eigenvalue weighted by Gasteiger charge is 2.40. The number of carbonyl (C=O) groups is 3. The topological polar surface area (TPSA) is 195 Å². The van der Waals surface area contributed by atoms with E-state index in [2.05, 4.69) is 49.5 Å². The van der Waals surface area contributed by atoms with Crippen molar-refractivity contribution in [3.05, 3.63) is 70.2 Å². The lowest BCUT2D eigenvalue weighted by Crippen LogP contribution is -2.44. The number of morpholine rings is 1. The minimum atomic E-state index is -1.19. The summed E-state index contributed by atoms with van der Waals surface area (Å²) in [4.78, 5) is 59.4. The second-order valence-corrected chi connectivity index (χ2v) is 18.3. The second kappa shape index (κ2) is 18.0. The van der Waals surface area contributed by atoms with Gasteiger partial charge in [0.15, 0.2) is 5.65 Å². The van der Waals surface area contributed by atoms with Crippen molar-refractivity contribution in [1.82, 2.24) is 43.7 Å². The van der Waals surface area contributed by atoms with Crippen LogP contribution in [0, 0.1) is 11.8 Å². The van der Waals surface area contributed by atoms with Crippen LogP contribution in [-0.2, 0) is 31.7 Å². The van der Waals surface area contributed by atoms with Gasteiger partial charge in [0.1, 0.15) is 35.3 Å². The molecule has 4 aromatic heterocycles. The van der Waals surface area contributed by atoms with Crippen molar-refractivity contribution in [2.45, 2.75) is 114 Å². The fourth-order valence-corrected chi connectivity index (χ4v) is 9.73. The molecule has 3 unspecified atom stereocenters. The first-order valence-electron chi connectivity index (χ1n) is 22.5. The zero-order valence-corrected chi connectivity index (χ0v) is 37.0. The largest absolute Gasteiger partial charge is 0.384 e. The summed E-state index contributed by atoms with van der Waals surface area (Å²) in [5, 5.41) is 25.1. The van der Waals surface area contributed by atoms with Gasteiger partial charge in [-0.1, -0.05) is 37.2 Å². The van der Waals surface area contributed by atoms with Crippen molar-refractivity contribution in [3.8, 4) is 11.8 Å². The standard InChI is InChI=1S/C24H31N7O3.C22H26N4O4/c1-24(2,33)21-19(13-31(28-21)15-6-4-3-5-7-15)26-23(32)18-11-25-30-9-8-20(27-22(18)30)29-12-17-10-16(29)14-34-17;1-24-12-10-16(11-13-24)30-14-4-6-15-5-3-7-17-20(15)25(2)22(29)26(17)18-8-9-19(27)23-21(18)28/h8-9,11,13,15-17,33H,3-7,10,12,14H2,1-2H3,(H,26,32);3,5,7,16,18H,8-14H2,1-2H3,(H,23,27,28). The number of hydrogen-bond acceptors (Lipinski definition) is 12. The first-order valence-corrected chi connectivity index (χ1v) is 22.5. The highest BCUT2D eigenvalue weighted by molar-refractivity contribution is 6.08. The zero-order valence-electron chi connectivity index (χ0n) is 37.0. The summed E-state index contributed by atoms with van der Waals surface area (Å²) in [5.41, 5.74) is 2.42. The first-order chi connectivity index (χ1) is 30.8. The quantitative estimate of drug-likeness (QED) is 0.152. The highest BCUT2D eigenvalue weighted by atomic mass is 16.5. The van der Waals surface area contributed by atoms with E-state index in [0.717, 1.165) is 64.2 Å². The number of fused-ring (bicyclic) bond motifs is 4. The Morgan fingerprint density at radius 2 is 1.84 bits per heavy atom. The number of aromatic nitrogens is 7. The fraction of sp³-hybridized carbons (Fsp3) is 0.543. The van der Waals surface area contributed by atoms with Crippen LogP contribution in [0.5, 0.6) is 0 Å². The van der Waals surface area contributed by atoms with Crippen molar-refractivity contribution in [3.63, 3.8) is 0 Å². The van der Waals surface area contributed by atoms with Gasteiger partial charge in [-0.2, -0.15) is 10.2 Å².